The van der Waals surface area contributed by atoms with E-state index in [9.17, 15) is 0 Å². The molecule has 5 heteroatoms. The average Bonchev–Trinajstić information content (AvgIpc) is 3.05. The zero-order valence-corrected chi connectivity index (χ0v) is 16.1. The van der Waals surface area contributed by atoms with E-state index in [2.05, 4.69) is 40.8 Å². The molecule has 1 unspecified atom stereocenters. The number of hydrogen-bond donors (Lipinski definition) is 1. The van der Waals surface area contributed by atoms with E-state index in [4.69, 9.17) is 4.74 Å². The van der Waals surface area contributed by atoms with Crippen LogP contribution in [0.1, 0.15) is 52.4 Å². The van der Waals surface area contributed by atoms with Gasteiger partial charge < -0.3 is 15.0 Å². The molecule has 0 aromatic carbocycles. The highest BCUT2D eigenvalue weighted by atomic mass is 32.2. The fraction of sp³-hybridized carbons (Fsp3) is 0.944. The van der Waals surface area contributed by atoms with Crippen LogP contribution in [0.3, 0.4) is 0 Å². The van der Waals surface area contributed by atoms with Crippen LogP contribution < -0.4 is 5.32 Å². The maximum atomic E-state index is 5.63. The fourth-order valence-electron chi connectivity index (χ4n) is 3.83. The molecule has 1 heterocycles. The average molecular weight is 342 g/mol. The summed E-state index contributed by atoms with van der Waals surface area (Å²) in [5.74, 6) is 2.32. The quantitative estimate of drug-likeness (QED) is 0.438. The van der Waals surface area contributed by atoms with Gasteiger partial charge in [0.25, 0.3) is 0 Å². The first kappa shape index (κ1) is 18.9. The molecule has 2 aliphatic rings. The van der Waals surface area contributed by atoms with Crippen molar-refractivity contribution >= 4 is 17.7 Å². The van der Waals surface area contributed by atoms with E-state index >= 15 is 0 Å². The molecular weight excluding hydrogens is 306 g/mol. The van der Waals surface area contributed by atoms with E-state index in [-0.39, 0.29) is 0 Å². The van der Waals surface area contributed by atoms with Crippen LogP contribution in [0.5, 0.6) is 0 Å². The van der Waals surface area contributed by atoms with E-state index in [1.54, 1.807) is 0 Å². The van der Waals surface area contributed by atoms with Gasteiger partial charge in [0.1, 0.15) is 0 Å². The lowest BCUT2D eigenvalue weighted by atomic mass is 9.83. The second-order valence-electron chi connectivity index (χ2n) is 6.90. The van der Waals surface area contributed by atoms with Crippen LogP contribution in [-0.4, -0.2) is 61.8 Å². The van der Waals surface area contributed by atoms with Gasteiger partial charge in [0.2, 0.25) is 0 Å². The van der Waals surface area contributed by atoms with Crippen LogP contribution in [0.15, 0.2) is 4.99 Å². The molecule has 0 aromatic heterocycles. The Morgan fingerprint density at radius 1 is 1.35 bits per heavy atom. The second kappa shape index (κ2) is 9.77. The molecule has 0 radical (unpaired) electrons. The van der Waals surface area contributed by atoms with Crippen LogP contribution in [0, 0.1) is 5.41 Å². The van der Waals surface area contributed by atoms with Crippen molar-refractivity contribution in [1.29, 1.82) is 0 Å². The smallest absolute Gasteiger partial charge is 0.193 e. The molecular formula is C18H35N3OS. The van der Waals surface area contributed by atoms with Crippen molar-refractivity contribution in [3.63, 3.8) is 0 Å². The van der Waals surface area contributed by atoms with E-state index in [0.717, 1.165) is 44.1 Å². The maximum absolute atomic E-state index is 5.63. The summed E-state index contributed by atoms with van der Waals surface area (Å²) in [7, 11) is 1.92. The predicted molar refractivity (Wildman–Crippen MR) is 101 cm³/mol. The van der Waals surface area contributed by atoms with Gasteiger partial charge in [-0.15, -0.1) is 0 Å². The van der Waals surface area contributed by atoms with Gasteiger partial charge in [-0.2, -0.15) is 11.8 Å². The molecule has 2 fully saturated rings. The molecule has 1 atom stereocenters. The van der Waals surface area contributed by atoms with E-state index in [0.29, 0.717) is 5.41 Å². The topological polar surface area (TPSA) is 36.9 Å². The van der Waals surface area contributed by atoms with Gasteiger partial charge in [-0.05, 0) is 38.0 Å². The molecule has 0 bridgehead atoms. The molecule has 1 aliphatic heterocycles. The van der Waals surface area contributed by atoms with Crippen LogP contribution in [0.4, 0.5) is 0 Å². The highest BCUT2D eigenvalue weighted by Crippen LogP contribution is 2.40. The number of hydrogen-bond acceptors (Lipinski definition) is 3. The van der Waals surface area contributed by atoms with Crippen molar-refractivity contribution in [3.8, 4) is 0 Å². The summed E-state index contributed by atoms with van der Waals surface area (Å²) in [5.41, 5.74) is 0.416. The molecule has 134 valence electrons. The minimum absolute atomic E-state index is 0.416. The monoisotopic (exact) mass is 341 g/mol. The van der Waals surface area contributed by atoms with Gasteiger partial charge in [-0.25, -0.2) is 0 Å². The SMILES string of the molecule is CCOCCC1(CNC(=NC)N2CCSC(CC)C2)CCCC1. The predicted octanol–water partition coefficient (Wildman–Crippen LogP) is 3.38. The largest absolute Gasteiger partial charge is 0.382 e. The molecule has 1 saturated carbocycles. The number of thioether (sulfide) groups is 1. The molecule has 1 N–H and O–H groups in total. The lowest BCUT2D eigenvalue weighted by Gasteiger charge is -2.36. The standard InChI is InChI=1S/C18H35N3OS/c1-4-16-14-21(11-13-23-16)17(19-3)20-15-18(8-6-7-9-18)10-12-22-5-2/h16H,4-15H2,1-3H3,(H,19,20). The molecule has 0 amide bonds. The van der Waals surface area contributed by atoms with Crippen LogP contribution >= 0.6 is 11.8 Å². The van der Waals surface area contributed by atoms with Gasteiger partial charge in [0, 0.05) is 50.9 Å². The summed E-state index contributed by atoms with van der Waals surface area (Å²) in [6.45, 7) is 9.40. The van der Waals surface area contributed by atoms with E-state index in [1.807, 2.05) is 7.05 Å². The first-order valence-corrected chi connectivity index (χ1v) is 10.4. The Kier molecular flexibility index (Phi) is 8.04. The number of nitrogens with one attached hydrogen (secondary N) is 1. The van der Waals surface area contributed by atoms with Gasteiger partial charge in [-0.1, -0.05) is 19.8 Å². The second-order valence-corrected chi connectivity index (χ2v) is 8.31. The van der Waals surface area contributed by atoms with Crippen LogP contribution in [0.25, 0.3) is 0 Å². The van der Waals surface area contributed by atoms with E-state index in [1.165, 1.54) is 44.3 Å². The Morgan fingerprint density at radius 3 is 2.78 bits per heavy atom. The summed E-state index contributed by atoms with van der Waals surface area (Å²) in [6, 6.07) is 0. The first-order valence-electron chi connectivity index (χ1n) is 9.38. The van der Waals surface area contributed by atoms with Gasteiger partial charge >= 0.3 is 0 Å². The molecule has 23 heavy (non-hydrogen) atoms. The zero-order valence-electron chi connectivity index (χ0n) is 15.3. The van der Waals surface area contributed by atoms with Crippen LogP contribution in [-0.2, 0) is 4.74 Å². The van der Waals surface area contributed by atoms with Crippen molar-refractivity contribution in [2.24, 2.45) is 10.4 Å². The number of guanidine groups is 1. The molecule has 0 spiro atoms. The lowest BCUT2D eigenvalue weighted by molar-refractivity contribution is 0.104. The summed E-state index contributed by atoms with van der Waals surface area (Å²) in [6.07, 6.45) is 7.82. The zero-order chi connectivity index (χ0) is 16.5. The number of rotatable bonds is 7. The Morgan fingerprint density at radius 2 is 2.13 bits per heavy atom. The lowest BCUT2D eigenvalue weighted by Crippen LogP contribution is -2.50. The Labute approximate surface area is 146 Å². The van der Waals surface area contributed by atoms with Gasteiger partial charge in [0.05, 0.1) is 0 Å². The van der Waals surface area contributed by atoms with Crippen LogP contribution in [0.2, 0.25) is 0 Å². The highest BCUT2D eigenvalue weighted by Gasteiger charge is 2.34. The fourth-order valence-corrected chi connectivity index (χ4v) is 5.01. The molecule has 1 aliphatic carbocycles. The van der Waals surface area contributed by atoms with Crippen molar-refractivity contribution < 1.29 is 4.74 Å². The summed E-state index contributed by atoms with van der Waals surface area (Å²) >= 11 is 2.11. The van der Waals surface area contributed by atoms with Crippen molar-refractivity contribution in [2.45, 2.75) is 57.6 Å². The van der Waals surface area contributed by atoms with E-state index < -0.39 is 0 Å². The molecule has 2 rings (SSSR count). The van der Waals surface area contributed by atoms with Gasteiger partial charge in [0.15, 0.2) is 5.96 Å². The Hall–Kier alpha value is -0.420. The van der Waals surface area contributed by atoms with Crippen molar-refractivity contribution in [1.82, 2.24) is 10.2 Å². The Balaban J connectivity index is 1.87. The number of ether oxygens (including phenoxy) is 1. The third kappa shape index (κ3) is 5.56. The minimum atomic E-state index is 0.416. The summed E-state index contributed by atoms with van der Waals surface area (Å²) in [4.78, 5) is 7.01. The maximum Gasteiger partial charge on any atom is 0.193 e. The summed E-state index contributed by atoms with van der Waals surface area (Å²) < 4.78 is 5.63. The van der Waals surface area contributed by atoms with Gasteiger partial charge in [-0.3, -0.25) is 4.99 Å². The number of aliphatic imine (C=N–C) groups is 1. The first-order chi connectivity index (χ1) is 11.2. The molecule has 0 aromatic rings. The minimum Gasteiger partial charge on any atom is -0.382 e. The molecule has 4 nitrogen and oxygen atoms in total. The summed E-state index contributed by atoms with van der Waals surface area (Å²) in [5, 5.41) is 4.46. The van der Waals surface area contributed by atoms with Crippen molar-refractivity contribution in [2.75, 3.05) is 45.6 Å². The third-order valence-electron chi connectivity index (χ3n) is 5.37. The number of nitrogens with zero attached hydrogens (tertiary/aromatic N) is 2. The molecule has 1 saturated heterocycles. The normalized spacial score (nSPS) is 24.9. The highest BCUT2D eigenvalue weighted by molar-refractivity contribution is 8.00. The third-order valence-corrected chi connectivity index (χ3v) is 6.74. The van der Waals surface area contributed by atoms with Crippen molar-refractivity contribution in [3.05, 3.63) is 0 Å². The Bertz CT molecular complexity index is 369.